The summed E-state index contributed by atoms with van der Waals surface area (Å²) in [6, 6.07) is 6.05. The fourth-order valence-electron chi connectivity index (χ4n) is 1.77. The molecule has 0 amide bonds. The molecule has 0 heterocycles. The Morgan fingerprint density at radius 1 is 1.05 bits per heavy atom. The molecule has 0 fully saturated rings. The van der Waals surface area contributed by atoms with E-state index in [0.29, 0.717) is 12.1 Å². The number of sulfonamides is 1. The lowest BCUT2D eigenvalue weighted by atomic mass is 10.2. The lowest BCUT2D eigenvalue weighted by Crippen LogP contribution is -2.29. The zero-order chi connectivity index (χ0) is 15.3. The molecule has 1 rings (SSSR count). The maximum atomic E-state index is 12.3. The molecular formula is C14H22N2O3S. The third-order valence-corrected chi connectivity index (χ3v) is 4.92. The van der Waals surface area contributed by atoms with Gasteiger partial charge in [0.1, 0.15) is 0 Å². The van der Waals surface area contributed by atoms with Crippen molar-refractivity contribution in [2.75, 3.05) is 34.2 Å². The van der Waals surface area contributed by atoms with Crippen molar-refractivity contribution < 1.29 is 13.2 Å². The summed E-state index contributed by atoms with van der Waals surface area (Å²) in [6.07, 6.45) is 0.772. The molecule has 0 bridgehead atoms. The minimum Gasteiger partial charge on any atom is -0.309 e. The summed E-state index contributed by atoms with van der Waals surface area (Å²) < 4.78 is 26.0. The Kier molecular flexibility index (Phi) is 5.86. The second-order valence-electron chi connectivity index (χ2n) is 5.06. The van der Waals surface area contributed by atoms with Crippen LogP contribution in [0.3, 0.4) is 0 Å². The molecule has 5 nitrogen and oxygen atoms in total. The number of rotatable bonds is 7. The first-order valence-electron chi connectivity index (χ1n) is 6.47. The quantitative estimate of drug-likeness (QED) is 0.715. The van der Waals surface area contributed by atoms with Gasteiger partial charge in [-0.25, -0.2) is 12.7 Å². The van der Waals surface area contributed by atoms with Gasteiger partial charge < -0.3 is 4.90 Å². The van der Waals surface area contributed by atoms with Gasteiger partial charge in [-0.3, -0.25) is 4.79 Å². The molecule has 0 N–H and O–H groups in total. The van der Waals surface area contributed by atoms with Gasteiger partial charge in [0.25, 0.3) is 0 Å². The average molecular weight is 298 g/mol. The maximum absolute atomic E-state index is 12.3. The zero-order valence-electron chi connectivity index (χ0n) is 12.5. The van der Waals surface area contributed by atoms with Gasteiger partial charge in [-0.1, -0.05) is 12.1 Å². The van der Waals surface area contributed by atoms with Crippen molar-refractivity contribution in [2.45, 2.75) is 18.2 Å². The molecule has 0 aliphatic rings. The summed E-state index contributed by atoms with van der Waals surface area (Å²) in [4.78, 5) is 13.4. The fraction of sp³-hybridized carbons (Fsp3) is 0.500. The molecule has 112 valence electrons. The first-order chi connectivity index (χ1) is 9.25. The van der Waals surface area contributed by atoms with Gasteiger partial charge in [-0.05, 0) is 46.1 Å². The second-order valence-corrected chi connectivity index (χ2v) is 7.11. The van der Waals surface area contributed by atoms with Crippen molar-refractivity contribution in [3.8, 4) is 0 Å². The summed E-state index contributed by atoms with van der Waals surface area (Å²) in [6.45, 7) is 2.76. The Bertz CT molecular complexity index is 550. The van der Waals surface area contributed by atoms with Crippen LogP contribution >= 0.6 is 0 Å². The number of carbonyl (C=O) groups is 1. The molecule has 0 atom stereocenters. The van der Waals surface area contributed by atoms with E-state index in [-0.39, 0.29) is 10.7 Å². The summed E-state index contributed by atoms with van der Waals surface area (Å²) in [5, 5.41) is 0. The van der Waals surface area contributed by atoms with Crippen LogP contribution in [0.15, 0.2) is 29.2 Å². The van der Waals surface area contributed by atoms with Crippen LogP contribution in [-0.4, -0.2) is 57.6 Å². The first-order valence-corrected chi connectivity index (χ1v) is 7.91. The first kappa shape index (κ1) is 16.8. The fourth-order valence-corrected chi connectivity index (χ4v) is 2.98. The van der Waals surface area contributed by atoms with E-state index in [1.54, 1.807) is 19.2 Å². The molecule has 1 aromatic rings. The topological polar surface area (TPSA) is 57.7 Å². The Hall–Kier alpha value is -1.24. The van der Waals surface area contributed by atoms with Crippen molar-refractivity contribution in [2.24, 2.45) is 0 Å². The van der Waals surface area contributed by atoms with Gasteiger partial charge in [-0.15, -0.1) is 0 Å². The molecule has 20 heavy (non-hydrogen) atoms. The van der Waals surface area contributed by atoms with E-state index < -0.39 is 10.0 Å². The van der Waals surface area contributed by atoms with Crippen LogP contribution in [0.4, 0.5) is 0 Å². The predicted octanol–water partition coefficient (Wildman–Crippen LogP) is 1.46. The molecule has 0 spiro atoms. The highest BCUT2D eigenvalue weighted by Gasteiger charge is 2.20. The molecule has 6 heteroatoms. The number of carbonyl (C=O) groups excluding carboxylic acids is 1. The number of hydrogen-bond donors (Lipinski definition) is 0. The number of nitrogens with zero attached hydrogens (tertiary/aromatic N) is 2. The van der Waals surface area contributed by atoms with Crippen LogP contribution in [-0.2, 0) is 10.0 Å². The normalized spacial score (nSPS) is 12.1. The molecule has 1 aromatic carbocycles. The summed E-state index contributed by atoms with van der Waals surface area (Å²) in [5.74, 6) is -0.0757. The zero-order valence-corrected chi connectivity index (χ0v) is 13.3. The third-order valence-electron chi connectivity index (χ3n) is 3.05. The minimum atomic E-state index is -3.48. The van der Waals surface area contributed by atoms with E-state index in [2.05, 4.69) is 0 Å². The number of benzene rings is 1. The Labute approximate surface area is 121 Å². The van der Waals surface area contributed by atoms with E-state index in [0.717, 1.165) is 13.0 Å². The second kappa shape index (κ2) is 6.97. The summed E-state index contributed by atoms with van der Waals surface area (Å²) in [5.41, 5.74) is 0.513. The van der Waals surface area contributed by atoms with Crippen molar-refractivity contribution in [1.82, 2.24) is 9.21 Å². The van der Waals surface area contributed by atoms with E-state index >= 15 is 0 Å². The number of ketones is 1. The largest absolute Gasteiger partial charge is 0.309 e. The molecule has 0 aromatic heterocycles. The number of hydrogen-bond acceptors (Lipinski definition) is 4. The Morgan fingerprint density at radius 2 is 1.60 bits per heavy atom. The van der Waals surface area contributed by atoms with Crippen molar-refractivity contribution in [1.29, 1.82) is 0 Å². The van der Waals surface area contributed by atoms with E-state index in [9.17, 15) is 13.2 Å². The van der Waals surface area contributed by atoms with Crippen LogP contribution in [0, 0.1) is 0 Å². The molecular weight excluding hydrogens is 276 g/mol. The SMILES string of the molecule is CC(=O)c1ccc(S(=O)(=O)N(C)CCCN(C)C)cc1. The van der Waals surface area contributed by atoms with Crippen molar-refractivity contribution in [3.63, 3.8) is 0 Å². The van der Waals surface area contributed by atoms with Gasteiger partial charge in [0.05, 0.1) is 4.90 Å². The predicted molar refractivity (Wildman–Crippen MR) is 79.4 cm³/mol. The molecule has 0 aliphatic carbocycles. The maximum Gasteiger partial charge on any atom is 0.242 e. The highest BCUT2D eigenvalue weighted by molar-refractivity contribution is 7.89. The lowest BCUT2D eigenvalue weighted by Gasteiger charge is -2.18. The lowest BCUT2D eigenvalue weighted by molar-refractivity contribution is 0.101. The van der Waals surface area contributed by atoms with Crippen LogP contribution < -0.4 is 0 Å². The smallest absolute Gasteiger partial charge is 0.242 e. The Balaban J connectivity index is 2.79. The summed E-state index contributed by atoms with van der Waals surface area (Å²) >= 11 is 0. The average Bonchev–Trinajstić information content (AvgIpc) is 2.38. The van der Waals surface area contributed by atoms with Crippen LogP contribution in [0.25, 0.3) is 0 Å². The molecule has 0 saturated carbocycles. The van der Waals surface area contributed by atoms with Crippen LogP contribution in [0.5, 0.6) is 0 Å². The monoisotopic (exact) mass is 298 g/mol. The third kappa shape index (κ3) is 4.40. The molecule has 0 unspecified atom stereocenters. The summed E-state index contributed by atoms with van der Waals surface area (Å²) in [7, 11) is 2.00. The van der Waals surface area contributed by atoms with E-state index in [1.807, 2.05) is 19.0 Å². The van der Waals surface area contributed by atoms with Crippen molar-refractivity contribution >= 4 is 15.8 Å². The van der Waals surface area contributed by atoms with Crippen LogP contribution in [0.2, 0.25) is 0 Å². The van der Waals surface area contributed by atoms with Gasteiger partial charge >= 0.3 is 0 Å². The number of Topliss-reactive ketones (excluding diaryl/α,β-unsaturated/α-hetero) is 1. The standard InChI is InChI=1S/C14H22N2O3S/c1-12(17)13-6-8-14(9-7-13)20(18,19)16(4)11-5-10-15(2)3/h6-9H,5,10-11H2,1-4H3. The van der Waals surface area contributed by atoms with Gasteiger partial charge in [0.15, 0.2) is 5.78 Å². The molecule has 0 aliphatic heterocycles. The highest BCUT2D eigenvalue weighted by atomic mass is 32.2. The highest BCUT2D eigenvalue weighted by Crippen LogP contribution is 2.15. The van der Waals surface area contributed by atoms with Gasteiger partial charge in [0, 0.05) is 19.2 Å². The van der Waals surface area contributed by atoms with Gasteiger partial charge in [0.2, 0.25) is 10.0 Å². The van der Waals surface area contributed by atoms with Crippen molar-refractivity contribution in [3.05, 3.63) is 29.8 Å². The van der Waals surface area contributed by atoms with E-state index in [1.165, 1.54) is 23.4 Å². The molecule has 0 radical (unpaired) electrons. The molecule has 0 saturated heterocycles. The van der Waals surface area contributed by atoms with Crippen LogP contribution in [0.1, 0.15) is 23.7 Å². The van der Waals surface area contributed by atoms with Gasteiger partial charge in [-0.2, -0.15) is 0 Å². The minimum absolute atomic E-state index is 0.0757. The van der Waals surface area contributed by atoms with E-state index in [4.69, 9.17) is 0 Å². The Morgan fingerprint density at radius 3 is 2.05 bits per heavy atom.